The van der Waals surface area contributed by atoms with Gasteiger partial charge in [-0.2, -0.15) is 5.10 Å². The summed E-state index contributed by atoms with van der Waals surface area (Å²) in [6, 6.07) is 14.7. The Hall–Kier alpha value is -4.14. The Labute approximate surface area is 172 Å². The van der Waals surface area contributed by atoms with Crippen LogP contribution < -0.4 is 16.4 Å². The van der Waals surface area contributed by atoms with E-state index >= 15 is 0 Å². The number of primary amides is 1. The minimum atomic E-state index is -0.750. The molecule has 0 saturated carbocycles. The molecule has 0 atom stereocenters. The van der Waals surface area contributed by atoms with E-state index in [-0.39, 0.29) is 5.56 Å². The Morgan fingerprint density at radius 1 is 1.03 bits per heavy atom. The number of nitrogens with two attached hydrogens (primary N) is 1. The molecule has 0 aliphatic carbocycles. The number of urea groups is 1. The van der Waals surface area contributed by atoms with E-state index in [0.29, 0.717) is 11.5 Å². The second-order valence-electron chi connectivity index (χ2n) is 6.61. The van der Waals surface area contributed by atoms with E-state index in [1.165, 1.54) is 12.1 Å². The Balaban J connectivity index is 1.63. The molecular formula is C21H21N5O4. The minimum Gasteiger partial charge on any atom is -0.452 e. The molecule has 0 unspecified atom stereocenters. The molecule has 0 saturated heterocycles. The lowest BCUT2D eigenvalue weighted by atomic mass is 10.2. The number of carbonyl (C=O) groups excluding carboxylic acids is 3. The number of ether oxygens (including phenoxy) is 1. The van der Waals surface area contributed by atoms with E-state index < -0.39 is 24.5 Å². The molecule has 3 aromatic rings. The molecule has 3 rings (SSSR count). The first-order valence-corrected chi connectivity index (χ1v) is 9.09. The molecule has 2 aromatic carbocycles. The Morgan fingerprint density at radius 3 is 2.47 bits per heavy atom. The normalized spacial score (nSPS) is 10.3. The molecule has 0 fully saturated rings. The highest BCUT2D eigenvalue weighted by Crippen LogP contribution is 2.18. The van der Waals surface area contributed by atoms with Gasteiger partial charge in [-0.15, -0.1) is 0 Å². The van der Waals surface area contributed by atoms with Crippen LogP contribution in [0.5, 0.6) is 0 Å². The average Bonchev–Trinajstić information content (AvgIpc) is 3.06. The van der Waals surface area contributed by atoms with Crippen molar-refractivity contribution in [3.63, 3.8) is 0 Å². The van der Waals surface area contributed by atoms with Gasteiger partial charge in [0.05, 0.1) is 16.9 Å². The number of nitrogens with zero attached hydrogens (tertiary/aromatic N) is 2. The Bertz CT molecular complexity index is 1090. The maximum Gasteiger partial charge on any atom is 0.338 e. The summed E-state index contributed by atoms with van der Waals surface area (Å²) in [6.45, 7) is 3.31. The van der Waals surface area contributed by atoms with Crippen molar-refractivity contribution in [2.45, 2.75) is 13.8 Å². The van der Waals surface area contributed by atoms with Crippen molar-refractivity contribution in [3.8, 4) is 5.69 Å². The van der Waals surface area contributed by atoms with Gasteiger partial charge in [0.25, 0.3) is 5.91 Å². The molecule has 3 amide bonds. The standard InChI is InChI=1S/C21H21N5O4/c1-13-6-8-17(9-7-13)26-18(10-14(2)25-26)24-19(27)12-30-20(28)15-4-3-5-16(11-15)23-21(22)29/h3-11H,12H2,1-2H3,(H,24,27)(H3,22,23,29). The van der Waals surface area contributed by atoms with Gasteiger partial charge in [-0.25, -0.2) is 14.3 Å². The van der Waals surface area contributed by atoms with Crippen LogP contribution in [-0.4, -0.2) is 34.3 Å². The maximum absolute atomic E-state index is 12.3. The van der Waals surface area contributed by atoms with Crippen molar-refractivity contribution in [2.24, 2.45) is 5.73 Å². The average molecular weight is 407 g/mol. The van der Waals surface area contributed by atoms with E-state index in [9.17, 15) is 14.4 Å². The Morgan fingerprint density at radius 2 is 1.77 bits per heavy atom. The predicted octanol–water partition coefficient (Wildman–Crippen LogP) is 2.78. The minimum absolute atomic E-state index is 0.176. The summed E-state index contributed by atoms with van der Waals surface area (Å²) in [4.78, 5) is 35.4. The lowest BCUT2D eigenvalue weighted by Crippen LogP contribution is -2.22. The summed E-state index contributed by atoms with van der Waals surface area (Å²) in [5, 5.41) is 9.46. The number of hydrogen-bond donors (Lipinski definition) is 3. The molecule has 9 heteroatoms. The van der Waals surface area contributed by atoms with E-state index in [0.717, 1.165) is 16.9 Å². The molecule has 9 nitrogen and oxygen atoms in total. The second kappa shape index (κ2) is 8.91. The molecule has 1 aromatic heterocycles. The third kappa shape index (κ3) is 5.22. The monoisotopic (exact) mass is 407 g/mol. The van der Waals surface area contributed by atoms with Crippen LogP contribution in [0.3, 0.4) is 0 Å². The lowest BCUT2D eigenvalue weighted by molar-refractivity contribution is -0.119. The molecule has 0 spiro atoms. The summed E-state index contributed by atoms with van der Waals surface area (Å²) >= 11 is 0. The fourth-order valence-corrected chi connectivity index (χ4v) is 2.73. The highest BCUT2D eigenvalue weighted by Gasteiger charge is 2.14. The molecule has 0 aliphatic rings. The number of carbonyl (C=O) groups is 3. The third-order valence-corrected chi connectivity index (χ3v) is 4.08. The summed E-state index contributed by atoms with van der Waals surface area (Å²) in [7, 11) is 0. The van der Waals surface area contributed by atoms with Gasteiger partial charge in [-0.1, -0.05) is 23.8 Å². The van der Waals surface area contributed by atoms with Gasteiger partial charge in [-0.05, 0) is 44.2 Å². The first-order chi connectivity index (χ1) is 14.3. The quantitative estimate of drug-likeness (QED) is 0.541. The van der Waals surface area contributed by atoms with E-state index in [2.05, 4.69) is 15.7 Å². The predicted molar refractivity (Wildman–Crippen MR) is 112 cm³/mol. The zero-order valence-electron chi connectivity index (χ0n) is 16.5. The molecule has 1 heterocycles. The topological polar surface area (TPSA) is 128 Å². The van der Waals surface area contributed by atoms with Crippen LogP contribution in [0.1, 0.15) is 21.6 Å². The first-order valence-electron chi connectivity index (χ1n) is 9.09. The first kappa shape index (κ1) is 20.6. The summed E-state index contributed by atoms with van der Waals surface area (Å²) in [6.07, 6.45) is 0. The fraction of sp³-hybridized carbons (Fsp3) is 0.143. The van der Waals surface area contributed by atoms with Crippen molar-refractivity contribution in [3.05, 3.63) is 71.4 Å². The van der Waals surface area contributed by atoms with Gasteiger partial charge >= 0.3 is 12.0 Å². The molecule has 154 valence electrons. The largest absolute Gasteiger partial charge is 0.452 e. The van der Waals surface area contributed by atoms with Crippen molar-refractivity contribution >= 4 is 29.4 Å². The van der Waals surface area contributed by atoms with Crippen LogP contribution in [0, 0.1) is 13.8 Å². The number of esters is 1. The van der Waals surface area contributed by atoms with Gasteiger partial charge in [0.1, 0.15) is 5.82 Å². The van der Waals surface area contributed by atoms with Crippen LogP contribution in [0.25, 0.3) is 5.69 Å². The van der Waals surface area contributed by atoms with Gasteiger partial charge in [-0.3, -0.25) is 4.79 Å². The van der Waals surface area contributed by atoms with Gasteiger partial charge in [0, 0.05) is 11.8 Å². The van der Waals surface area contributed by atoms with Crippen molar-refractivity contribution in [2.75, 3.05) is 17.2 Å². The molecule has 30 heavy (non-hydrogen) atoms. The molecule has 4 N–H and O–H groups in total. The number of nitrogens with one attached hydrogen (secondary N) is 2. The van der Waals surface area contributed by atoms with Crippen LogP contribution in [0.4, 0.5) is 16.3 Å². The SMILES string of the molecule is Cc1ccc(-n2nc(C)cc2NC(=O)COC(=O)c2cccc(NC(N)=O)c2)cc1. The summed E-state index contributed by atoms with van der Waals surface area (Å²) in [5.41, 5.74) is 8.20. The van der Waals surface area contributed by atoms with Crippen LogP contribution in [0.15, 0.2) is 54.6 Å². The van der Waals surface area contributed by atoms with Gasteiger partial charge in [0.15, 0.2) is 6.61 Å². The van der Waals surface area contributed by atoms with Crippen LogP contribution >= 0.6 is 0 Å². The van der Waals surface area contributed by atoms with E-state index in [1.54, 1.807) is 22.9 Å². The van der Waals surface area contributed by atoms with Crippen molar-refractivity contribution < 1.29 is 19.1 Å². The summed E-state index contributed by atoms with van der Waals surface area (Å²) in [5.74, 6) is -0.755. The number of benzene rings is 2. The van der Waals surface area contributed by atoms with Crippen LogP contribution in [-0.2, 0) is 9.53 Å². The third-order valence-electron chi connectivity index (χ3n) is 4.08. The number of amides is 3. The Kier molecular flexibility index (Phi) is 6.11. The number of hydrogen-bond acceptors (Lipinski definition) is 5. The zero-order valence-corrected chi connectivity index (χ0v) is 16.5. The van der Waals surface area contributed by atoms with Crippen molar-refractivity contribution in [1.82, 2.24) is 9.78 Å². The van der Waals surface area contributed by atoms with Crippen LogP contribution in [0.2, 0.25) is 0 Å². The highest BCUT2D eigenvalue weighted by atomic mass is 16.5. The summed E-state index contributed by atoms with van der Waals surface area (Å²) < 4.78 is 6.67. The van der Waals surface area contributed by atoms with Gasteiger partial charge < -0.3 is 21.1 Å². The van der Waals surface area contributed by atoms with E-state index in [4.69, 9.17) is 10.5 Å². The highest BCUT2D eigenvalue weighted by molar-refractivity contribution is 5.96. The number of aryl methyl sites for hydroxylation is 2. The lowest BCUT2D eigenvalue weighted by Gasteiger charge is -2.10. The number of anilines is 2. The maximum atomic E-state index is 12.3. The molecular weight excluding hydrogens is 386 g/mol. The smallest absolute Gasteiger partial charge is 0.338 e. The van der Waals surface area contributed by atoms with Gasteiger partial charge in [0.2, 0.25) is 0 Å². The molecule has 0 radical (unpaired) electrons. The second-order valence-corrected chi connectivity index (χ2v) is 6.61. The fourth-order valence-electron chi connectivity index (χ4n) is 2.73. The molecule has 0 bridgehead atoms. The number of rotatable bonds is 6. The van der Waals surface area contributed by atoms with Crippen molar-refractivity contribution in [1.29, 1.82) is 0 Å². The number of aromatic nitrogens is 2. The zero-order chi connectivity index (χ0) is 21.7. The van der Waals surface area contributed by atoms with E-state index in [1.807, 2.05) is 38.1 Å². The molecule has 0 aliphatic heterocycles.